The number of carbonyl (C=O) groups excluding carboxylic acids is 2. The highest BCUT2D eigenvalue weighted by Gasteiger charge is 2.33. The number of anilines is 1. The third-order valence-electron chi connectivity index (χ3n) is 8.02. The molecule has 4 aromatic rings. The minimum absolute atomic E-state index is 0.00378. The van der Waals surface area contributed by atoms with Crippen LogP contribution in [-0.4, -0.2) is 57.1 Å². The van der Waals surface area contributed by atoms with Crippen molar-refractivity contribution < 1.29 is 23.8 Å². The summed E-state index contributed by atoms with van der Waals surface area (Å²) in [7, 11) is 1.29. The van der Waals surface area contributed by atoms with Gasteiger partial charge in [0.05, 0.1) is 32.5 Å². The zero-order valence-electron chi connectivity index (χ0n) is 25.9. The molecular weight excluding hydrogens is 602 g/mol. The van der Waals surface area contributed by atoms with Crippen molar-refractivity contribution in [1.82, 2.24) is 10.6 Å². The Bertz CT molecular complexity index is 1500. The molecule has 1 fully saturated rings. The number of nitrogens with one attached hydrogen (secondary N) is 3. The first-order chi connectivity index (χ1) is 22.5. The summed E-state index contributed by atoms with van der Waals surface area (Å²) >= 11 is 5.98. The van der Waals surface area contributed by atoms with Gasteiger partial charge in [0.2, 0.25) is 5.91 Å². The number of carbonyl (C=O) groups is 2. The fraction of sp³-hybridized carbons (Fsp3) is 0.297. The molecule has 1 aliphatic heterocycles. The van der Waals surface area contributed by atoms with Crippen molar-refractivity contribution in [1.29, 1.82) is 0 Å². The van der Waals surface area contributed by atoms with E-state index in [9.17, 15) is 9.59 Å². The van der Waals surface area contributed by atoms with Crippen molar-refractivity contribution in [2.45, 2.75) is 43.6 Å². The van der Waals surface area contributed by atoms with Gasteiger partial charge in [0.25, 0.3) is 0 Å². The number of hydrogen-bond acceptors (Lipinski definition) is 6. The Morgan fingerprint density at radius 2 is 1.50 bits per heavy atom. The Kier molecular flexibility index (Phi) is 12.2. The maximum atomic E-state index is 14.0. The van der Waals surface area contributed by atoms with Crippen LogP contribution in [0.5, 0.6) is 0 Å². The van der Waals surface area contributed by atoms with Crippen LogP contribution in [0.15, 0.2) is 109 Å². The molecule has 1 aliphatic rings. The molecule has 8 nitrogen and oxygen atoms in total. The smallest absolute Gasteiger partial charge is 0.407 e. The molecule has 0 radical (unpaired) electrons. The van der Waals surface area contributed by atoms with Crippen molar-refractivity contribution in [3.8, 4) is 0 Å². The summed E-state index contributed by atoms with van der Waals surface area (Å²) in [5.74, 6) is -0.793. The maximum absolute atomic E-state index is 14.0. The van der Waals surface area contributed by atoms with E-state index in [0.717, 1.165) is 41.8 Å². The van der Waals surface area contributed by atoms with E-state index < -0.39 is 18.1 Å². The fourth-order valence-corrected chi connectivity index (χ4v) is 5.83. The lowest BCUT2D eigenvalue weighted by Crippen LogP contribution is -2.48. The molecule has 240 valence electrons. The van der Waals surface area contributed by atoms with Gasteiger partial charge < -0.3 is 30.2 Å². The van der Waals surface area contributed by atoms with Crippen LogP contribution in [-0.2, 0) is 32.0 Å². The van der Waals surface area contributed by atoms with Crippen molar-refractivity contribution in [3.05, 3.63) is 136 Å². The second-order valence-electron chi connectivity index (χ2n) is 11.3. The predicted octanol–water partition coefficient (Wildman–Crippen LogP) is 6.34. The number of benzene rings is 4. The van der Waals surface area contributed by atoms with Gasteiger partial charge in [-0.05, 0) is 53.3 Å². The first-order valence-corrected chi connectivity index (χ1v) is 15.9. The molecule has 0 aliphatic carbocycles. The number of hydrogen-bond donors (Lipinski definition) is 3. The van der Waals surface area contributed by atoms with Gasteiger partial charge in [0.1, 0.15) is 6.04 Å². The number of halogens is 1. The van der Waals surface area contributed by atoms with E-state index >= 15 is 0 Å². The summed E-state index contributed by atoms with van der Waals surface area (Å²) in [5, 5.41) is 10.1. The average Bonchev–Trinajstić information content (AvgIpc) is 3.09. The summed E-state index contributed by atoms with van der Waals surface area (Å²) in [6, 6.07) is 33.8. The van der Waals surface area contributed by atoms with Crippen LogP contribution in [0.2, 0.25) is 5.02 Å². The van der Waals surface area contributed by atoms with Gasteiger partial charge in [-0.15, -0.1) is 0 Å². The van der Waals surface area contributed by atoms with E-state index in [4.69, 9.17) is 25.8 Å². The van der Waals surface area contributed by atoms with E-state index in [2.05, 4.69) is 16.0 Å². The molecule has 3 N–H and O–H groups in total. The number of aryl methyl sites for hydroxylation is 1. The molecule has 4 aromatic carbocycles. The second kappa shape index (κ2) is 16.9. The SMILES string of the molecule is COC(=O)NC(C(=O)Nc1ccccc1CC[C@@H]1CNC[C@@H](COCc2ccc(Cl)cc2)O1)C(c1ccccc1)c1ccccc1. The Labute approximate surface area is 275 Å². The van der Waals surface area contributed by atoms with Gasteiger partial charge in [-0.3, -0.25) is 4.79 Å². The largest absolute Gasteiger partial charge is 0.453 e. The second-order valence-corrected chi connectivity index (χ2v) is 11.7. The van der Waals surface area contributed by atoms with Crippen LogP contribution in [0, 0.1) is 0 Å². The number of rotatable bonds is 13. The minimum atomic E-state index is -0.940. The molecule has 1 unspecified atom stereocenters. The maximum Gasteiger partial charge on any atom is 0.407 e. The van der Waals surface area contributed by atoms with Crippen LogP contribution in [0.3, 0.4) is 0 Å². The van der Waals surface area contributed by atoms with Crippen molar-refractivity contribution in [2.24, 2.45) is 0 Å². The molecule has 0 saturated carbocycles. The van der Waals surface area contributed by atoms with Gasteiger partial charge in [0.15, 0.2) is 0 Å². The zero-order valence-corrected chi connectivity index (χ0v) is 26.6. The highest BCUT2D eigenvalue weighted by atomic mass is 35.5. The molecule has 2 amide bonds. The van der Waals surface area contributed by atoms with Crippen LogP contribution < -0.4 is 16.0 Å². The van der Waals surface area contributed by atoms with Gasteiger partial charge in [-0.1, -0.05) is 103 Å². The lowest BCUT2D eigenvalue weighted by molar-refractivity contribution is -0.118. The van der Waals surface area contributed by atoms with Crippen LogP contribution in [0.1, 0.15) is 34.6 Å². The molecule has 5 rings (SSSR count). The average molecular weight is 642 g/mol. The van der Waals surface area contributed by atoms with Gasteiger partial charge in [-0.25, -0.2) is 4.79 Å². The highest BCUT2D eigenvalue weighted by molar-refractivity contribution is 6.30. The van der Waals surface area contributed by atoms with Gasteiger partial charge >= 0.3 is 6.09 Å². The number of ether oxygens (including phenoxy) is 3. The minimum Gasteiger partial charge on any atom is -0.453 e. The molecule has 46 heavy (non-hydrogen) atoms. The Balaban J connectivity index is 1.24. The standard InChI is InChI=1S/C37H40ClN3O5/c1-44-37(43)41-35(34(28-11-4-2-5-12-28)29-13-6-3-7-14-29)36(42)40-33-15-9-8-10-27(33)18-21-31-22-39-23-32(46-31)25-45-24-26-16-19-30(38)20-17-26/h2-17,19-20,31-32,34-35,39H,18,21-25H2,1H3,(H,40,42)(H,41,43)/t31-,32+,35?/m1/s1. The van der Waals surface area contributed by atoms with Gasteiger partial charge in [0, 0.05) is 29.7 Å². The quantitative estimate of drug-likeness (QED) is 0.158. The van der Waals surface area contributed by atoms with Crippen molar-refractivity contribution in [2.75, 3.05) is 32.1 Å². The summed E-state index contributed by atoms with van der Waals surface area (Å²) in [6.07, 6.45) is 0.708. The van der Waals surface area contributed by atoms with E-state index in [1.807, 2.05) is 109 Å². The van der Waals surface area contributed by atoms with Gasteiger partial charge in [-0.2, -0.15) is 0 Å². The Hall–Kier alpha value is -4.21. The predicted molar refractivity (Wildman–Crippen MR) is 180 cm³/mol. The van der Waals surface area contributed by atoms with Crippen molar-refractivity contribution in [3.63, 3.8) is 0 Å². The first-order valence-electron chi connectivity index (χ1n) is 15.5. The number of methoxy groups -OCH3 is 1. The molecule has 1 saturated heterocycles. The first kappa shape index (κ1) is 33.2. The topological polar surface area (TPSA) is 97.9 Å². The zero-order chi connectivity index (χ0) is 32.1. The number of alkyl carbamates (subject to hydrolysis) is 1. The van der Waals surface area contributed by atoms with E-state index in [0.29, 0.717) is 30.3 Å². The molecule has 0 spiro atoms. The number of para-hydroxylation sites is 1. The fourth-order valence-electron chi connectivity index (χ4n) is 5.70. The summed E-state index contributed by atoms with van der Waals surface area (Å²) in [6.45, 7) is 2.44. The molecular formula is C37H40ClN3O5. The highest BCUT2D eigenvalue weighted by Crippen LogP contribution is 2.30. The van der Waals surface area contributed by atoms with E-state index in [1.54, 1.807) is 0 Å². The lowest BCUT2D eigenvalue weighted by atomic mass is 9.84. The summed E-state index contributed by atoms with van der Waals surface area (Å²) in [4.78, 5) is 26.6. The monoisotopic (exact) mass is 641 g/mol. The molecule has 9 heteroatoms. The molecule has 1 heterocycles. The summed E-state index contributed by atoms with van der Waals surface area (Å²) in [5.41, 5.74) is 4.52. The van der Waals surface area contributed by atoms with Crippen LogP contribution in [0.4, 0.5) is 10.5 Å². The van der Waals surface area contributed by atoms with Crippen LogP contribution >= 0.6 is 11.6 Å². The summed E-state index contributed by atoms with van der Waals surface area (Å²) < 4.78 is 17.2. The lowest BCUT2D eigenvalue weighted by Gasteiger charge is -2.31. The molecule has 0 aromatic heterocycles. The van der Waals surface area contributed by atoms with Crippen molar-refractivity contribution >= 4 is 29.3 Å². The third kappa shape index (κ3) is 9.40. The Morgan fingerprint density at radius 3 is 2.17 bits per heavy atom. The third-order valence-corrected chi connectivity index (χ3v) is 8.27. The van der Waals surface area contributed by atoms with Crippen LogP contribution in [0.25, 0.3) is 0 Å². The van der Waals surface area contributed by atoms with E-state index in [-0.39, 0.29) is 18.1 Å². The Morgan fingerprint density at radius 1 is 0.870 bits per heavy atom. The number of morpholine rings is 1. The molecule has 3 atom stereocenters. The number of amides is 2. The molecule has 0 bridgehead atoms. The van der Waals surface area contributed by atoms with E-state index in [1.165, 1.54) is 7.11 Å². The normalized spacial score (nSPS) is 16.8.